The van der Waals surface area contributed by atoms with Crippen LogP contribution in [-0.2, 0) is 11.3 Å². The van der Waals surface area contributed by atoms with E-state index in [0.29, 0.717) is 28.7 Å². The van der Waals surface area contributed by atoms with E-state index in [0.717, 1.165) is 5.56 Å². The first-order chi connectivity index (χ1) is 13.1. The van der Waals surface area contributed by atoms with Gasteiger partial charge in [0.05, 0.1) is 24.4 Å². The summed E-state index contributed by atoms with van der Waals surface area (Å²) >= 11 is 6.19. The fourth-order valence-corrected chi connectivity index (χ4v) is 2.64. The van der Waals surface area contributed by atoms with E-state index in [-0.39, 0.29) is 5.91 Å². The van der Waals surface area contributed by atoms with Gasteiger partial charge in [0.15, 0.2) is 6.10 Å². The standard InChI is InChI=1S/C20H17ClN4O2/c1-14(27-17-8-6-15(12-22)7-9-17)20(26)24-19-10-11-23-25(19)13-16-4-2-3-5-18(16)21/h2-11,14H,13H2,1H3,(H,24,26). The fourth-order valence-electron chi connectivity index (χ4n) is 2.45. The zero-order chi connectivity index (χ0) is 19.2. The number of rotatable bonds is 6. The van der Waals surface area contributed by atoms with Gasteiger partial charge in [0, 0.05) is 11.1 Å². The highest BCUT2D eigenvalue weighted by atomic mass is 35.5. The van der Waals surface area contributed by atoms with Gasteiger partial charge in [0.1, 0.15) is 11.6 Å². The molecule has 7 heteroatoms. The number of hydrogen-bond acceptors (Lipinski definition) is 4. The van der Waals surface area contributed by atoms with E-state index in [1.807, 2.05) is 30.3 Å². The number of halogens is 1. The van der Waals surface area contributed by atoms with E-state index in [4.69, 9.17) is 21.6 Å². The average molecular weight is 381 g/mol. The lowest BCUT2D eigenvalue weighted by Crippen LogP contribution is -2.31. The number of hydrogen-bond donors (Lipinski definition) is 1. The van der Waals surface area contributed by atoms with E-state index in [2.05, 4.69) is 10.4 Å². The number of nitrogens with one attached hydrogen (secondary N) is 1. The summed E-state index contributed by atoms with van der Waals surface area (Å²) in [5.41, 5.74) is 1.43. The Morgan fingerprint density at radius 2 is 2.00 bits per heavy atom. The zero-order valence-electron chi connectivity index (χ0n) is 14.6. The molecule has 0 radical (unpaired) electrons. The Bertz CT molecular complexity index is 976. The van der Waals surface area contributed by atoms with Gasteiger partial charge in [-0.2, -0.15) is 10.4 Å². The molecule has 6 nitrogen and oxygen atoms in total. The van der Waals surface area contributed by atoms with E-state index in [9.17, 15) is 4.79 Å². The molecule has 1 atom stereocenters. The molecule has 0 aliphatic heterocycles. The van der Waals surface area contributed by atoms with Gasteiger partial charge in [0.25, 0.3) is 5.91 Å². The maximum absolute atomic E-state index is 12.5. The molecule has 1 amide bonds. The lowest BCUT2D eigenvalue weighted by atomic mass is 10.2. The highest BCUT2D eigenvalue weighted by molar-refractivity contribution is 6.31. The number of benzene rings is 2. The number of anilines is 1. The van der Waals surface area contributed by atoms with Crippen LogP contribution < -0.4 is 10.1 Å². The molecule has 1 unspecified atom stereocenters. The van der Waals surface area contributed by atoms with Crippen molar-refractivity contribution in [1.82, 2.24) is 9.78 Å². The van der Waals surface area contributed by atoms with Crippen molar-refractivity contribution in [1.29, 1.82) is 5.26 Å². The SMILES string of the molecule is CC(Oc1ccc(C#N)cc1)C(=O)Nc1ccnn1Cc1ccccc1Cl. The maximum atomic E-state index is 12.5. The van der Waals surface area contributed by atoms with Crippen LogP contribution in [-0.4, -0.2) is 21.8 Å². The molecule has 1 heterocycles. The van der Waals surface area contributed by atoms with Crippen LogP contribution in [0, 0.1) is 11.3 Å². The number of carbonyl (C=O) groups is 1. The lowest BCUT2D eigenvalue weighted by molar-refractivity contribution is -0.122. The Morgan fingerprint density at radius 3 is 2.70 bits per heavy atom. The van der Waals surface area contributed by atoms with Crippen LogP contribution in [0.1, 0.15) is 18.1 Å². The minimum absolute atomic E-state index is 0.305. The van der Waals surface area contributed by atoms with Gasteiger partial charge in [-0.1, -0.05) is 29.8 Å². The average Bonchev–Trinajstić information content (AvgIpc) is 3.11. The predicted molar refractivity (Wildman–Crippen MR) is 103 cm³/mol. The first kappa shape index (κ1) is 18.5. The molecule has 2 aromatic carbocycles. The number of ether oxygens (including phenoxy) is 1. The molecule has 0 saturated carbocycles. The van der Waals surface area contributed by atoms with Gasteiger partial charge in [0.2, 0.25) is 0 Å². The van der Waals surface area contributed by atoms with Crippen LogP contribution in [0.4, 0.5) is 5.82 Å². The lowest BCUT2D eigenvalue weighted by Gasteiger charge is -2.15. The Hall–Kier alpha value is -3.30. The summed E-state index contributed by atoms with van der Waals surface area (Å²) in [5.74, 6) is 0.761. The van der Waals surface area contributed by atoms with Crippen molar-refractivity contribution in [2.75, 3.05) is 5.32 Å². The second-order valence-corrected chi connectivity index (χ2v) is 6.26. The van der Waals surface area contributed by atoms with Crippen LogP contribution in [0.5, 0.6) is 5.75 Å². The topological polar surface area (TPSA) is 79.9 Å². The summed E-state index contributed by atoms with van der Waals surface area (Å²) in [4.78, 5) is 12.5. The van der Waals surface area contributed by atoms with Crippen molar-refractivity contribution in [3.8, 4) is 11.8 Å². The Morgan fingerprint density at radius 1 is 1.26 bits per heavy atom. The number of aromatic nitrogens is 2. The van der Waals surface area contributed by atoms with E-state index >= 15 is 0 Å². The predicted octanol–water partition coefficient (Wildman–Crippen LogP) is 3.86. The molecule has 1 aromatic heterocycles. The molecule has 0 spiro atoms. The normalized spacial score (nSPS) is 11.4. The minimum Gasteiger partial charge on any atom is -0.481 e. The number of nitriles is 1. The van der Waals surface area contributed by atoms with Gasteiger partial charge in [-0.3, -0.25) is 4.79 Å². The molecule has 0 aliphatic rings. The first-order valence-corrected chi connectivity index (χ1v) is 8.67. The molecule has 0 aliphatic carbocycles. The van der Waals surface area contributed by atoms with Crippen molar-refractivity contribution in [3.05, 3.63) is 76.9 Å². The molecule has 0 saturated heterocycles. The van der Waals surface area contributed by atoms with Gasteiger partial charge in [-0.15, -0.1) is 0 Å². The summed E-state index contributed by atoms with van der Waals surface area (Å²) in [5, 5.41) is 16.5. The Balaban J connectivity index is 1.65. The zero-order valence-corrected chi connectivity index (χ0v) is 15.3. The number of nitrogens with zero attached hydrogens (tertiary/aromatic N) is 3. The highest BCUT2D eigenvalue weighted by Gasteiger charge is 2.17. The number of carbonyl (C=O) groups excluding carboxylic acids is 1. The monoisotopic (exact) mass is 380 g/mol. The Labute approximate surface area is 161 Å². The molecule has 27 heavy (non-hydrogen) atoms. The first-order valence-electron chi connectivity index (χ1n) is 8.29. The summed E-state index contributed by atoms with van der Waals surface area (Å²) < 4.78 is 7.29. The molecule has 136 valence electrons. The van der Waals surface area contributed by atoms with Crippen LogP contribution in [0.2, 0.25) is 5.02 Å². The molecule has 0 bridgehead atoms. The summed E-state index contributed by atoms with van der Waals surface area (Å²) in [6.45, 7) is 2.09. The van der Waals surface area contributed by atoms with Gasteiger partial charge >= 0.3 is 0 Å². The molecule has 0 fully saturated rings. The smallest absolute Gasteiger partial charge is 0.266 e. The molecular formula is C20H17ClN4O2. The quantitative estimate of drug-likeness (QED) is 0.704. The third-order valence-electron chi connectivity index (χ3n) is 3.91. The van der Waals surface area contributed by atoms with E-state index in [1.165, 1.54) is 0 Å². The third kappa shape index (κ3) is 4.66. The van der Waals surface area contributed by atoms with Crippen LogP contribution in [0.15, 0.2) is 60.8 Å². The largest absolute Gasteiger partial charge is 0.481 e. The van der Waals surface area contributed by atoms with Gasteiger partial charge < -0.3 is 10.1 Å². The highest BCUT2D eigenvalue weighted by Crippen LogP contribution is 2.19. The van der Waals surface area contributed by atoms with Crippen LogP contribution >= 0.6 is 11.6 Å². The molecule has 1 N–H and O–H groups in total. The fraction of sp³-hybridized carbons (Fsp3) is 0.150. The third-order valence-corrected chi connectivity index (χ3v) is 4.28. The molecular weight excluding hydrogens is 364 g/mol. The van der Waals surface area contributed by atoms with Crippen molar-refractivity contribution in [2.45, 2.75) is 19.6 Å². The summed E-state index contributed by atoms with van der Waals surface area (Å²) in [7, 11) is 0. The molecule has 3 rings (SSSR count). The maximum Gasteiger partial charge on any atom is 0.266 e. The number of amides is 1. The van der Waals surface area contributed by atoms with Gasteiger partial charge in [-0.05, 0) is 42.8 Å². The van der Waals surface area contributed by atoms with Crippen molar-refractivity contribution in [2.24, 2.45) is 0 Å². The summed E-state index contributed by atoms with van der Waals surface area (Å²) in [6, 6.07) is 17.8. The second-order valence-electron chi connectivity index (χ2n) is 5.85. The van der Waals surface area contributed by atoms with Gasteiger partial charge in [-0.25, -0.2) is 4.68 Å². The van der Waals surface area contributed by atoms with E-state index in [1.54, 1.807) is 48.1 Å². The van der Waals surface area contributed by atoms with Crippen molar-refractivity contribution >= 4 is 23.3 Å². The van der Waals surface area contributed by atoms with Crippen molar-refractivity contribution < 1.29 is 9.53 Å². The van der Waals surface area contributed by atoms with Crippen LogP contribution in [0.3, 0.4) is 0 Å². The van der Waals surface area contributed by atoms with Crippen LogP contribution in [0.25, 0.3) is 0 Å². The Kier molecular flexibility index (Phi) is 5.74. The second kappa shape index (κ2) is 8.39. The summed E-state index contributed by atoms with van der Waals surface area (Å²) in [6.07, 6.45) is 0.889. The van der Waals surface area contributed by atoms with E-state index < -0.39 is 6.10 Å². The minimum atomic E-state index is -0.721. The van der Waals surface area contributed by atoms with Crippen molar-refractivity contribution in [3.63, 3.8) is 0 Å². The molecule has 3 aromatic rings.